The van der Waals surface area contributed by atoms with E-state index in [1.54, 1.807) is 0 Å². The molecule has 1 N–H and O–H groups in total. The molecule has 0 aromatic carbocycles. The van der Waals surface area contributed by atoms with Crippen molar-refractivity contribution in [3.8, 4) is 0 Å². The van der Waals surface area contributed by atoms with Gasteiger partial charge in [0.1, 0.15) is 0 Å². The van der Waals surface area contributed by atoms with Crippen molar-refractivity contribution in [2.24, 2.45) is 5.92 Å². The quantitative estimate of drug-likeness (QED) is 0.855. The van der Waals surface area contributed by atoms with Gasteiger partial charge in [-0.3, -0.25) is 0 Å². The lowest BCUT2D eigenvalue weighted by molar-refractivity contribution is 0.323. The molecule has 90 valence electrons. The molecular weight excluding hydrogens is 202 g/mol. The van der Waals surface area contributed by atoms with Crippen molar-refractivity contribution < 1.29 is 4.52 Å². The van der Waals surface area contributed by atoms with Crippen molar-refractivity contribution in [2.45, 2.75) is 52.0 Å². The fraction of sp³-hybridized carbons (Fsp3) is 0.833. The lowest BCUT2D eigenvalue weighted by Crippen LogP contribution is -2.20. The third kappa shape index (κ3) is 3.04. The zero-order valence-corrected chi connectivity index (χ0v) is 10.2. The minimum Gasteiger partial charge on any atom is -0.338 e. The summed E-state index contributed by atoms with van der Waals surface area (Å²) in [6, 6.07) is 0.274. The van der Waals surface area contributed by atoms with Gasteiger partial charge in [-0.05, 0) is 25.3 Å². The Hall–Kier alpha value is -0.900. The number of hydrogen-bond acceptors (Lipinski definition) is 4. The number of nitrogens with one attached hydrogen (secondary N) is 1. The maximum Gasteiger partial charge on any atom is 0.243 e. The van der Waals surface area contributed by atoms with Crippen LogP contribution in [-0.2, 0) is 6.42 Å². The summed E-state index contributed by atoms with van der Waals surface area (Å²) in [6.07, 6.45) is 5.82. The highest BCUT2D eigenvalue weighted by atomic mass is 16.5. The minimum absolute atomic E-state index is 0.274. The Kier molecular flexibility index (Phi) is 3.93. The highest BCUT2D eigenvalue weighted by Gasteiger charge is 2.20. The molecule has 1 aromatic rings. The molecule has 1 atom stereocenters. The molecule has 1 aromatic heterocycles. The summed E-state index contributed by atoms with van der Waals surface area (Å²) in [7, 11) is 0. The van der Waals surface area contributed by atoms with Gasteiger partial charge in [-0.15, -0.1) is 0 Å². The monoisotopic (exact) mass is 223 g/mol. The van der Waals surface area contributed by atoms with Gasteiger partial charge in [0.05, 0.1) is 6.04 Å². The molecule has 2 rings (SSSR count). The van der Waals surface area contributed by atoms with E-state index in [1.807, 2.05) is 0 Å². The highest BCUT2D eigenvalue weighted by molar-refractivity contribution is 4.94. The van der Waals surface area contributed by atoms with Crippen LogP contribution in [0.15, 0.2) is 4.52 Å². The summed E-state index contributed by atoms with van der Waals surface area (Å²) in [5, 5.41) is 7.50. The molecule has 1 saturated heterocycles. The summed E-state index contributed by atoms with van der Waals surface area (Å²) in [6.45, 7) is 5.40. The van der Waals surface area contributed by atoms with Gasteiger partial charge >= 0.3 is 0 Å². The Morgan fingerprint density at radius 1 is 1.38 bits per heavy atom. The Balaban J connectivity index is 1.99. The van der Waals surface area contributed by atoms with Crippen molar-refractivity contribution >= 4 is 0 Å². The third-order valence-electron chi connectivity index (χ3n) is 2.93. The van der Waals surface area contributed by atoms with Gasteiger partial charge in [0.2, 0.25) is 5.89 Å². The second-order valence-electron chi connectivity index (χ2n) is 5.00. The van der Waals surface area contributed by atoms with E-state index < -0.39 is 0 Å². The van der Waals surface area contributed by atoms with Gasteiger partial charge in [0.15, 0.2) is 5.82 Å². The molecule has 1 aliphatic rings. The molecule has 2 heterocycles. The summed E-state index contributed by atoms with van der Waals surface area (Å²) in [5.41, 5.74) is 0. The maximum absolute atomic E-state index is 5.34. The fourth-order valence-corrected chi connectivity index (χ4v) is 2.10. The maximum atomic E-state index is 5.34. The van der Waals surface area contributed by atoms with Crippen LogP contribution in [0.3, 0.4) is 0 Å². The van der Waals surface area contributed by atoms with Crippen LogP contribution in [0.25, 0.3) is 0 Å². The topological polar surface area (TPSA) is 51.0 Å². The molecule has 1 fully saturated rings. The first kappa shape index (κ1) is 11.6. The van der Waals surface area contributed by atoms with E-state index in [-0.39, 0.29) is 6.04 Å². The Labute approximate surface area is 96.8 Å². The first-order chi connectivity index (χ1) is 7.75. The van der Waals surface area contributed by atoms with E-state index in [2.05, 4.69) is 29.3 Å². The van der Waals surface area contributed by atoms with Crippen LogP contribution in [0, 0.1) is 5.92 Å². The normalized spacial score (nSPS) is 22.3. The Morgan fingerprint density at radius 3 is 3.06 bits per heavy atom. The standard InChI is InChI=1S/C12H21N3O/c1-9(2)8-11-14-12(16-15-11)10-6-4-3-5-7-13-10/h9-10,13H,3-8H2,1-2H3. The van der Waals surface area contributed by atoms with Gasteiger partial charge in [0.25, 0.3) is 0 Å². The lowest BCUT2D eigenvalue weighted by Gasteiger charge is -2.09. The zero-order valence-electron chi connectivity index (χ0n) is 10.2. The fourth-order valence-electron chi connectivity index (χ4n) is 2.10. The van der Waals surface area contributed by atoms with Crippen LogP contribution in [0.4, 0.5) is 0 Å². The Morgan fingerprint density at radius 2 is 2.25 bits per heavy atom. The summed E-state index contributed by atoms with van der Waals surface area (Å²) < 4.78 is 5.34. The van der Waals surface area contributed by atoms with E-state index in [9.17, 15) is 0 Å². The largest absolute Gasteiger partial charge is 0.338 e. The number of hydrogen-bond donors (Lipinski definition) is 1. The molecule has 0 saturated carbocycles. The smallest absolute Gasteiger partial charge is 0.243 e. The van der Waals surface area contributed by atoms with E-state index in [4.69, 9.17) is 4.52 Å². The van der Waals surface area contributed by atoms with Crippen molar-refractivity contribution in [2.75, 3.05) is 6.54 Å². The predicted octanol–water partition coefficient (Wildman–Crippen LogP) is 2.47. The second kappa shape index (κ2) is 5.43. The molecule has 0 spiro atoms. The van der Waals surface area contributed by atoms with Crippen LogP contribution in [0.5, 0.6) is 0 Å². The van der Waals surface area contributed by atoms with Crippen LogP contribution >= 0.6 is 0 Å². The van der Waals surface area contributed by atoms with Crippen LogP contribution in [0.1, 0.15) is 57.3 Å². The zero-order chi connectivity index (χ0) is 11.4. The molecule has 16 heavy (non-hydrogen) atoms. The van der Waals surface area contributed by atoms with Crippen LogP contribution in [-0.4, -0.2) is 16.7 Å². The molecule has 0 bridgehead atoms. The predicted molar refractivity (Wildman–Crippen MR) is 62.1 cm³/mol. The SMILES string of the molecule is CC(C)Cc1noc(C2CCCCCN2)n1. The number of rotatable bonds is 3. The average Bonchev–Trinajstić information content (AvgIpc) is 2.53. The van der Waals surface area contributed by atoms with E-state index >= 15 is 0 Å². The molecule has 4 nitrogen and oxygen atoms in total. The highest BCUT2D eigenvalue weighted by Crippen LogP contribution is 2.21. The van der Waals surface area contributed by atoms with Crippen molar-refractivity contribution in [1.29, 1.82) is 0 Å². The van der Waals surface area contributed by atoms with Crippen molar-refractivity contribution in [3.05, 3.63) is 11.7 Å². The lowest BCUT2D eigenvalue weighted by atomic mass is 10.1. The molecule has 1 aliphatic heterocycles. The van der Waals surface area contributed by atoms with Gasteiger partial charge in [-0.1, -0.05) is 31.8 Å². The summed E-state index contributed by atoms with van der Waals surface area (Å²) >= 11 is 0. The molecule has 0 aliphatic carbocycles. The summed E-state index contributed by atoms with van der Waals surface area (Å²) in [5.74, 6) is 2.20. The van der Waals surface area contributed by atoms with E-state index in [1.165, 1.54) is 19.3 Å². The van der Waals surface area contributed by atoms with Gasteiger partial charge < -0.3 is 9.84 Å². The second-order valence-corrected chi connectivity index (χ2v) is 5.00. The third-order valence-corrected chi connectivity index (χ3v) is 2.93. The molecule has 1 unspecified atom stereocenters. The van der Waals surface area contributed by atoms with E-state index in [0.29, 0.717) is 5.92 Å². The van der Waals surface area contributed by atoms with Gasteiger partial charge in [-0.2, -0.15) is 4.98 Å². The molecule has 4 heteroatoms. The van der Waals surface area contributed by atoms with Gasteiger partial charge in [0, 0.05) is 6.42 Å². The van der Waals surface area contributed by atoms with Gasteiger partial charge in [-0.25, -0.2) is 0 Å². The number of nitrogens with zero attached hydrogens (tertiary/aromatic N) is 2. The molecular formula is C12H21N3O. The number of aromatic nitrogens is 2. The van der Waals surface area contributed by atoms with Crippen molar-refractivity contribution in [1.82, 2.24) is 15.5 Å². The van der Waals surface area contributed by atoms with E-state index in [0.717, 1.165) is 31.1 Å². The average molecular weight is 223 g/mol. The first-order valence-electron chi connectivity index (χ1n) is 6.31. The Bertz CT molecular complexity index is 314. The molecule has 0 amide bonds. The van der Waals surface area contributed by atoms with Crippen molar-refractivity contribution in [3.63, 3.8) is 0 Å². The van der Waals surface area contributed by atoms with Crippen LogP contribution < -0.4 is 5.32 Å². The summed E-state index contributed by atoms with van der Waals surface area (Å²) in [4.78, 5) is 4.48. The minimum atomic E-state index is 0.274. The van der Waals surface area contributed by atoms with Crippen LogP contribution in [0.2, 0.25) is 0 Å². The first-order valence-corrected chi connectivity index (χ1v) is 6.31. The molecule has 0 radical (unpaired) electrons.